The van der Waals surface area contributed by atoms with Crippen molar-refractivity contribution < 1.29 is 24.2 Å². The summed E-state index contributed by atoms with van der Waals surface area (Å²) in [6, 6.07) is 24.1. The molecule has 0 radical (unpaired) electrons. The molecule has 1 amide bonds. The monoisotopic (exact) mass is 418 g/mol. The number of rotatable bonds is 8. The summed E-state index contributed by atoms with van der Waals surface area (Å²) < 4.78 is 9.79. The van der Waals surface area contributed by atoms with Gasteiger partial charge in [-0.25, -0.2) is 10.2 Å². The molecule has 0 bridgehead atoms. The summed E-state index contributed by atoms with van der Waals surface area (Å²) in [5.41, 5.74) is 2.07. The Bertz CT molecular complexity index is 995. The Morgan fingerprint density at radius 3 is 2.00 bits per heavy atom. The molecular weight excluding hydrogens is 396 g/mol. The summed E-state index contributed by atoms with van der Waals surface area (Å²) >= 11 is 0. The molecule has 3 aromatic carbocycles. The SMILES string of the molecule is COC(=O)COc1ccc(/C=N\NC(=O)C(O)(c2ccccc2)c2ccccc2)cc1. The van der Waals surface area contributed by atoms with Crippen molar-refractivity contribution in [1.82, 2.24) is 5.43 Å². The molecule has 7 heteroatoms. The molecule has 0 aliphatic heterocycles. The summed E-state index contributed by atoms with van der Waals surface area (Å²) in [7, 11) is 1.29. The lowest BCUT2D eigenvalue weighted by molar-refractivity contribution is -0.143. The number of esters is 1. The molecule has 0 atom stereocenters. The second-order valence-corrected chi connectivity index (χ2v) is 6.58. The number of benzene rings is 3. The van der Waals surface area contributed by atoms with Crippen molar-refractivity contribution in [2.45, 2.75) is 5.60 Å². The minimum Gasteiger partial charge on any atom is -0.482 e. The first-order valence-corrected chi connectivity index (χ1v) is 9.50. The maximum atomic E-state index is 12.9. The number of amides is 1. The molecule has 0 saturated carbocycles. The summed E-state index contributed by atoms with van der Waals surface area (Å²) in [5.74, 6) is -0.661. The number of methoxy groups -OCH3 is 1. The van der Waals surface area contributed by atoms with Crippen LogP contribution in [0.5, 0.6) is 5.75 Å². The Morgan fingerprint density at radius 1 is 0.935 bits per heavy atom. The van der Waals surface area contributed by atoms with Gasteiger partial charge in [0.1, 0.15) is 5.75 Å². The lowest BCUT2D eigenvalue weighted by atomic mass is 9.85. The van der Waals surface area contributed by atoms with Crippen LogP contribution in [0.3, 0.4) is 0 Å². The molecule has 3 aromatic rings. The zero-order valence-electron chi connectivity index (χ0n) is 16.9. The number of hydrogen-bond donors (Lipinski definition) is 2. The van der Waals surface area contributed by atoms with Crippen molar-refractivity contribution in [1.29, 1.82) is 0 Å². The average molecular weight is 418 g/mol. The molecule has 0 saturated heterocycles. The van der Waals surface area contributed by atoms with Gasteiger partial charge in [-0.3, -0.25) is 4.79 Å². The van der Waals surface area contributed by atoms with E-state index in [-0.39, 0.29) is 6.61 Å². The van der Waals surface area contributed by atoms with E-state index < -0.39 is 17.5 Å². The van der Waals surface area contributed by atoms with Crippen LogP contribution in [-0.4, -0.2) is 36.9 Å². The number of hydrogen-bond acceptors (Lipinski definition) is 6. The van der Waals surface area contributed by atoms with Gasteiger partial charge in [0, 0.05) is 0 Å². The second-order valence-electron chi connectivity index (χ2n) is 6.58. The van der Waals surface area contributed by atoms with Gasteiger partial charge in [-0.05, 0) is 41.0 Å². The highest BCUT2D eigenvalue weighted by molar-refractivity contribution is 5.91. The molecule has 0 aliphatic rings. The van der Waals surface area contributed by atoms with Gasteiger partial charge in [-0.2, -0.15) is 5.10 Å². The third-order valence-corrected chi connectivity index (χ3v) is 4.56. The first-order valence-electron chi connectivity index (χ1n) is 9.50. The molecule has 0 heterocycles. The number of carbonyl (C=O) groups excluding carboxylic acids is 2. The molecule has 0 unspecified atom stereocenters. The normalized spacial score (nSPS) is 11.2. The highest BCUT2D eigenvalue weighted by Gasteiger charge is 2.39. The highest BCUT2D eigenvalue weighted by Crippen LogP contribution is 2.29. The van der Waals surface area contributed by atoms with Crippen LogP contribution in [0.1, 0.15) is 16.7 Å². The lowest BCUT2D eigenvalue weighted by Gasteiger charge is -2.27. The third kappa shape index (κ3) is 5.34. The molecule has 0 spiro atoms. The molecule has 0 aromatic heterocycles. The van der Waals surface area contributed by atoms with Crippen LogP contribution in [0.25, 0.3) is 0 Å². The number of ether oxygens (including phenoxy) is 2. The fourth-order valence-corrected chi connectivity index (χ4v) is 2.89. The largest absolute Gasteiger partial charge is 0.482 e. The fraction of sp³-hybridized carbons (Fsp3) is 0.125. The van der Waals surface area contributed by atoms with E-state index in [0.29, 0.717) is 22.4 Å². The Balaban J connectivity index is 1.71. The van der Waals surface area contributed by atoms with Crippen LogP contribution in [0, 0.1) is 0 Å². The van der Waals surface area contributed by atoms with Crippen LogP contribution < -0.4 is 10.2 Å². The fourth-order valence-electron chi connectivity index (χ4n) is 2.89. The van der Waals surface area contributed by atoms with E-state index in [1.165, 1.54) is 13.3 Å². The van der Waals surface area contributed by atoms with Gasteiger partial charge < -0.3 is 14.6 Å². The van der Waals surface area contributed by atoms with Gasteiger partial charge in [0.15, 0.2) is 12.2 Å². The van der Waals surface area contributed by atoms with E-state index >= 15 is 0 Å². The maximum Gasteiger partial charge on any atom is 0.343 e. The number of nitrogens with zero attached hydrogens (tertiary/aromatic N) is 1. The minimum absolute atomic E-state index is 0.183. The van der Waals surface area contributed by atoms with E-state index in [4.69, 9.17) is 4.74 Å². The molecule has 7 nitrogen and oxygen atoms in total. The number of hydrazone groups is 1. The van der Waals surface area contributed by atoms with Gasteiger partial charge in [-0.1, -0.05) is 60.7 Å². The standard InChI is InChI=1S/C24H22N2O5/c1-30-22(27)17-31-21-14-12-18(13-15-21)16-25-26-23(28)24(29,19-8-4-2-5-9-19)20-10-6-3-7-11-20/h2-16,29H,17H2,1H3,(H,26,28)/b25-16-. The molecule has 31 heavy (non-hydrogen) atoms. The van der Waals surface area contributed by atoms with Gasteiger partial charge >= 0.3 is 5.97 Å². The molecule has 158 valence electrons. The lowest BCUT2D eigenvalue weighted by Crippen LogP contribution is -2.43. The van der Waals surface area contributed by atoms with Crippen molar-refractivity contribution >= 4 is 18.1 Å². The van der Waals surface area contributed by atoms with Gasteiger partial charge in [0.25, 0.3) is 5.91 Å². The first-order chi connectivity index (χ1) is 15.0. The zero-order valence-corrected chi connectivity index (χ0v) is 16.9. The van der Waals surface area contributed by atoms with Crippen LogP contribution in [0.2, 0.25) is 0 Å². The summed E-state index contributed by atoms with van der Waals surface area (Å²) in [6.45, 7) is -0.183. The highest BCUT2D eigenvalue weighted by atomic mass is 16.6. The average Bonchev–Trinajstić information content (AvgIpc) is 2.83. The van der Waals surface area contributed by atoms with Gasteiger partial charge in [0.05, 0.1) is 13.3 Å². The Labute approximate surface area is 179 Å². The predicted molar refractivity (Wildman–Crippen MR) is 116 cm³/mol. The van der Waals surface area contributed by atoms with Crippen molar-refractivity contribution in [2.75, 3.05) is 13.7 Å². The van der Waals surface area contributed by atoms with E-state index in [2.05, 4.69) is 15.3 Å². The topological polar surface area (TPSA) is 97.2 Å². The van der Waals surface area contributed by atoms with Crippen LogP contribution in [-0.2, 0) is 19.9 Å². The van der Waals surface area contributed by atoms with E-state index in [9.17, 15) is 14.7 Å². The number of carbonyl (C=O) groups is 2. The molecule has 2 N–H and O–H groups in total. The summed E-state index contributed by atoms with van der Waals surface area (Å²) in [6.07, 6.45) is 1.44. The van der Waals surface area contributed by atoms with E-state index in [1.54, 1.807) is 72.8 Å². The van der Waals surface area contributed by atoms with Crippen molar-refractivity contribution in [3.8, 4) is 5.75 Å². The van der Waals surface area contributed by atoms with Gasteiger partial charge in [0.2, 0.25) is 0 Å². The van der Waals surface area contributed by atoms with Crippen molar-refractivity contribution in [3.63, 3.8) is 0 Å². The van der Waals surface area contributed by atoms with E-state index in [0.717, 1.165) is 0 Å². The summed E-state index contributed by atoms with van der Waals surface area (Å²) in [5, 5.41) is 15.3. The van der Waals surface area contributed by atoms with Crippen molar-refractivity contribution in [3.05, 3.63) is 102 Å². The number of nitrogens with one attached hydrogen (secondary N) is 1. The summed E-state index contributed by atoms with van der Waals surface area (Å²) in [4.78, 5) is 24.1. The van der Waals surface area contributed by atoms with Crippen LogP contribution in [0.15, 0.2) is 90.0 Å². The molecular formula is C24H22N2O5. The zero-order chi connectivity index (χ0) is 22.1. The smallest absolute Gasteiger partial charge is 0.343 e. The Kier molecular flexibility index (Phi) is 7.13. The molecule has 0 aliphatic carbocycles. The molecule has 3 rings (SSSR count). The minimum atomic E-state index is -1.90. The van der Waals surface area contributed by atoms with Crippen LogP contribution in [0.4, 0.5) is 0 Å². The predicted octanol–water partition coefficient (Wildman–Crippen LogP) is 2.62. The Hall–Kier alpha value is -3.97. The first kappa shape index (κ1) is 21.7. The van der Waals surface area contributed by atoms with Gasteiger partial charge in [-0.15, -0.1) is 0 Å². The van der Waals surface area contributed by atoms with E-state index in [1.807, 2.05) is 12.1 Å². The quantitative estimate of drug-likeness (QED) is 0.333. The number of aliphatic hydroxyl groups is 1. The van der Waals surface area contributed by atoms with Crippen LogP contribution >= 0.6 is 0 Å². The maximum absolute atomic E-state index is 12.9. The third-order valence-electron chi connectivity index (χ3n) is 4.56. The molecule has 0 fully saturated rings. The van der Waals surface area contributed by atoms with Crippen molar-refractivity contribution in [2.24, 2.45) is 5.10 Å². The second kappa shape index (κ2) is 10.2. The Morgan fingerprint density at radius 2 is 1.48 bits per heavy atom.